The van der Waals surface area contributed by atoms with Crippen molar-refractivity contribution < 1.29 is 14.7 Å². The van der Waals surface area contributed by atoms with Crippen LogP contribution < -0.4 is 0 Å². The maximum Gasteiger partial charge on any atom is 0.305 e. The summed E-state index contributed by atoms with van der Waals surface area (Å²) in [6.45, 7) is 2.25. The zero-order chi connectivity index (χ0) is 19.2. The molecule has 5 nitrogen and oxygen atoms in total. The van der Waals surface area contributed by atoms with Crippen molar-refractivity contribution in [2.75, 3.05) is 0 Å². The smallest absolute Gasteiger partial charge is 0.305 e. The van der Waals surface area contributed by atoms with Crippen LogP contribution in [-0.4, -0.2) is 26.6 Å². The highest BCUT2D eigenvalue weighted by Gasteiger charge is 2.11. The fourth-order valence-electron chi connectivity index (χ4n) is 2.68. The Hall–Kier alpha value is -3.47. The molecule has 0 spiro atoms. The number of carbonyl (C=O) groups excluding carboxylic acids is 1. The van der Waals surface area contributed by atoms with E-state index < -0.39 is 5.97 Å². The monoisotopic (exact) mass is 360 g/mol. The number of hydrogen-bond acceptors (Lipinski definition) is 3. The molecule has 0 saturated carbocycles. The predicted molar refractivity (Wildman–Crippen MR) is 104 cm³/mol. The third-order valence-electron chi connectivity index (χ3n) is 4.14. The number of carbonyl (C=O) groups is 2. The Kier molecular flexibility index (Phi) is 5.61. The van der Waals surface area contributed by atoms with Crippen LogP contribution in [0.15, 0.2) is 66.9 Å². The molecule has 1 N–H and O–H groups in total. The number of ketones is 1. The lowest BCUT2D eigenvalue weighted by molar-refractivity contribution is -0.137. The van der Waals surface area contributed by atoms with E-state index >= 15 is 0 Å². The molecule has 27 heavy (non-hydrogen) atoms. The minimum Gasteiger partial charge on any atom is -0.481 e. The fourth-order valence-corrected chi connectivity index (χ4v) is 2.68. The van der Waals surface area contributed by atoms with E-state index in [2.05, 4.69) is 5.10 Å². The average molecular weight is 360 g/mol. The van der Waals surface area contributed by atoms with E-state index in [0.717, 1.165) is 16.7 Å². The summed E-state index contributed by atoms with van der Waals surface area (Å²) in [4.78, 5) is 23.2. The van der Waals surface area contributed by atoms with Crippen molar-refractivity contribution in [1.82, 2.24) is 9.78 Å². The van der Waals surface area contributed by atoms with Crippen LogP contribution in [0.1, 0.15) is 27.9 Å². The van der Waals surface area contributed by atoms with Gasteiger partial charge in [0.15, 0.2) is 5.78 Å². The number of rotatable bonds is 7. The van der Waals surface area contributed by atoms with Gasteiger partial charge >= 0.3 is 5.97 Å². The standard InChI is InChI=1S/C22H20N2O3/c1-16-7-9-17(10-8-16)20(25)12-11-19-15-24(14-13-21(26)27)23-22(19)18-5-3-2-4-6-18/h2-12,15H,13-14H2,1H3,(H,26,27)/b12-11+. The summed E-state index contributed by atoms with van der Waals surface area (Å²) in [5.41, 5.74) is 4.12. The first kappa shape index (κ1) is 18.3. The Balaban J connectivity index is 1.89. The second kappa shape index (κ2) is 8.27. The highest BCUT2D eigenvalue weighted by atomic mass is 16.4. The Morgan fingerprint density at radius 3 is 2.44 bits per heavy atom. The molecule has 0 radical (unpaired) electrons. The Morgan fingerprint density at radius 1 is 1.07 bits per heavy atom. The van der Waals surface area contributed by atoms with Gasteiger partial charge in [0.2, 0.25) is 0 Å². The SMILES string of the molecule is Cc1ccc(C(=O)/C=C/c2cn(CCC(=O)O)nc2-c2ccccc2)cc1. The van der Waals surface area contributed by atoms with E-state index in [4.69, 9.17) is 5.11 Å². The molecule has 0 fully saturated rings. The number of aliphatic carboxylic acids is 1. The summed E-state index contributed by atoms with van der Waals surface area (Å²) < 4.78 is 1.60. The van der Waals surface area contributed by atoms with Crippen LogP contribution >= 0.6 is 0 Å². The van der Waals surface area contributed by atoms with E-state index in [0.29, 0.717) is 11.3 Å². The number of carboxylic acids is 1. The minimum absolute atomic E-state index is 0.0125. The normalized spacial score (nSPS) is 11.0. The zero-order valence-corrected chi connectivity index (χ0v) is 15.0. The molecule has 1 aromatic heterocycles. The summed E-state index contributed by atoms with van der Waals surface area (Å²) in [5, 5.41) is 13.4. The number of aromatic nitrogens is 2. The van der Waals surface area contributed by atoms with E-state index in [-0.39, 0.29) is 18.7 Å². The van der Waals surface area contributed by atoms with E-state index in [1.54, 1.807) is 29.1 Å². The third-order valence-corrected chi connectivity index (χ3v) is 4.14. The molecule has 1 heterocycles. The molecule has 2 aromatic carbocycles. The molecule has 0 unspecified atom stereocenters. The molecule has 5 heteroatoms. The van der Waals surface area contributed by atoms with Crippen LogP contribution in [0.4, 0.5) is 0 Å². The first-order valence-electron chi connectivity index (χ1n) is 8.66. The van der Waals surface area contributed by atoms with Crippen molar-refractivity contribution in [2.24, 2.45) is 0 Å². The number of carboxylic acid groups (broad SMARTS) is 1. The molecular formula is C22H20N2O3. The van der Waals surface area contributed by atoms with Crippen molar-refractivity contribution in [3.8, 4) is 11.3 Å². The highest BCUT2D eigenvalue weighted by Crippen LogP contribution is 2.23. The highest BCUT2D eigenvalue weighted by molar-refractivity contribution is 6.07. The maximum atomic E-state index is 12.4. The van der Waals surface area contributed by atoms with Gasteiger partial charge in [0.05, 0.1) is 18.7 Å². The lowest BCUT2D eigenvalue weighted by atomic mass is 10.1. The number of hydrogen-bond donors (Lipinski definition) is 1. The molecule has 0 saturated heterocycles. The zero-order valence-electron chi connectivity index (χ0n) is 15.0. The molecule has 0 aliphatic carbocycles. The van der Waals surface area contributed by atoms with Crippen LogP contribution in [0.25, 0.3) is 17.3 Å². The van der Waals surface area contributed by atoms with Crippen LogP contribution in [0, 0.1) is 6.92 Å². The van der Waals surface area contributed by atoms with E-state index in [9.17, 15) is 9.59 Å². The summed E-state index contributed by atoms with van der Waals surface area (Å²) in [6, 6.07) is 17.0. The predicted octanol–water partition coefficient (Wildman–Crippen LogP) is 4.23. The van der Waals surface area contributed by atoms with Crippen LogP contribution in [0.5, 0.6) is 0 Å². The van der Waals surface area contributed by atoms with Crippen molar-refractivity contribution >= 4 is 17.8 Å². The number of allylic oxidation sites excluding steroid dienone is 1. The molecule has 0 amide bonds. The topological polar surface area (TPSA) is 72.2 Å². The summed E-state index contributed by atoms with van der Waals surface area (Å²) >= 11 is 0. The van der Waals surface area contributed by atoms with Gasteiger partial charge in [-0.05, 0) is 19.1 Å². The van der Waals surface area contributed by atoms with Gasteiger partial charge in [0, 0.05) is 22.9 Å². The number of benzene rings is 2. The van der Waals surface area contributed by atoms with Crippen LogP contribution in [-0.2, 0) is 11.3 Å². The van der Waals surface area contributed by atoms with Crippen LogP contribution in [0.2, 0.25) is 0 Å². The lowest BCUT2D eigenvalue weighted by Gasteiger charge is -1.99. The van der Waals surface area contributed by atoms with Crippen LogP contribution in [0.3, 0.4) is 0 Å². The van der Waals surface area contributed by atoms with Gasteiger partial charge in [-0.1, -0.05) is 60.2 Å². The van der Waals surface area contributed by atoms with Gasteiger partial charge in [-0.25, -0.2) is 0 Å². The second-order valence-electron chi connectivity index (χ2n) is 6.27. The van der Waals surface area contributed by atoms with Gasteiger partial charge in [-0.2, -0.15) is 5.10 Å². The third kappa shape index (κ3) is 4.79. The number of nitrogens with zero attached hydrogens (tertiary/aromatic N) is 2. The Labute approximate surface area is 157 Å². The molecule has 136 valence electrons. The van der Waals surface area contributed by atoms with Crippen molar-refractivity contribution in [2.45, 2.75) is 19.9 Å². The summed E-state index contributed by atoms with van der Waals surface area (Å²) in [5.74, 6) is -0.967. The molecule has 3 aromatic rings. The average Bonchev–Trinajstić information content (AvgIpc) is 3.09. The van der Waals surface area contributed by atoms with Gasteiger partial charge in [0.25, 0.3) is 0 Å². The molecule has 0 atom stereocenters. The minimum atomic E-state index is -0.876. The largest absolute Gasteiger partial charge is 0.481 e. The fraction of sp³-hybridized carbons (Fsp3) is 0.136. The van der Waals surface area contributed by atoms with Gasteiger partial charge in [-0.15, -0.1) is 0 Å². The molecular weight excluding hydrogens is 340 g/mol. The molecule has 0 aliphatic rings. The quantitative estimate of drug-likeness (QED) is 0.505. The van der Waals surface area contributed by atoms with Crippen molar-refractivity contribution in [3.63, 3.8) is 0 Å². The van der Waals surface area contributed by atoms with E-state index in [1.165, 1.54) is 6.08 Å². The van der Waals surface area contributed by atoms with E-state index in [1.807, 2.05) is 49.4 Å². The lowest BCUT2D eigenvalue weighted by Crippen LogP contribution is -2.04. The van der Waals surface area contributed by atoms with Crippen molar-refractivity contribution in [3.05, 3.63) is 83.6 Å². The summed E-state index contributed by atoms with van der Waals surface area (Å²) in [7, 11) is 0. The Bertz CT molecular complexity index is 971. The maximum absolute atomic E-state index is 12.4. The van der Waals surface area contributed by atoms with Gasteiger partial charge in [0.1, 0.15) is 0 Å². The first-order valence-corrected chi connectivity index (χ1v) is 8.66. The second-order valence-corrected chi connectivity index (χ2v) is 6.27. The molecule has 0 bridgehead atoms. The van der Waals surface area contributed by atoms with Gasteiger partial charge in [-0.3, -0.25) is 14.3 Å². The molecule has 3 rings (SSSR count). The summed E-state index contributed by atoms with van der Waals surface area (Å²) in [6.07, 6.45) is 5.01. The number of aryl methyl sites for hydroxylation is 2. The van der Waals surface area contributed by atoms with Crippen molar-refractivity contribution in [1.29, 1.82) is 0 Å². The molecule has 0 aliphatic heterocycles. The van der Waals surface area contributed by atoms with Gasteiger partial charge < -0.3 is 5.11 Å². The Morgan fingerprint density at radius 2 is 1.78 bits per heavy atom. The first-order chi connectivity index (χ1) is 13.0.